The van der Waals surface area contributed by atoms with Crippen LogP contribution < -0.4 is 9.64 Å². The van der Waals surface area contributed by atoms with Crippen LogP contribution in [-0.4, -0.2) is 6.61 Å². The van der Waals surface area contributed by atoms with E-state index in [4.69, 9.17) is 4.74 Å². The van der Waals surface area contributed by atoms with Crippen LogP contribution in [0, 0.1) is 22.7 Å². The average molecular weight is 648 g/mol. The zero-order valence-corrected chi connectivity index (χ0v) is 26.6. The lowest BCUT2D eigenvalue weighted by molar-refractivity contribution is -0.137. The summed E-state index contributed by atoms with van der Waals surface area (Å²) in [7, 11) is 0. The van der Waals surface area contributed by atoms with Crippen LogP contribution in [0.4, 0.5) is 30.2 Å². The molecule has 0 amide bonds. The Labute approximate surface area is 277 Å². The Bertz CT molecular complexity index is 1850. The highest BCUT2D eigenvalue weighted by Gasteiger charge is 2.30. The van der Waals surface area contributed by atoms with Crippen LogP contribution in [0.5, 0.6) is 5.75 Å². The molecule has 0 unspecified atom stereocenters. The summed E-state index contributed by atoms with van der Waals surface area (Å²) >= 11 is 1.32. The summed E-state index contributed by atoms with van der Waals surface area (Å²) in [5.41, 5.74) is 3.76. The minimum Gasteiger partial charge on any atom is -0.491 e. The molecule has 236 valence electrons. The number of halogens is 3. The van der Waals surface area contributed by atoms with Gasteiger partial charge in [0.25, 0.3) is 0 Å². The number of alkyl halides is 3. The molecule has 4 aromatic carbocycles. The molecule has 47 heavy (non-hydrogen) atoms. The Kier molecular flexibility index (Phi) is 10.8. The summed E-state index contributed by atoms with van der Waals surface area (Å²) in [5, 5.41) is 20.3. The first kappa shape index (κ1) is 33.1. The minimum atomic E-state index is -4.48. The monoisotopic (exact) mass is 647 g/mol. The van der Waals surface area contributed by atoms with Crippen molar-refractivity contribution in [2.24, 2.45) is 0 Å². The summed E-state index contributed by atoms with van der Waals surface area (Å²) in [6.07, 6.45) is 1.07. The quantitative estimate of drug-likeness (QED) is 0.0999. The zero-order valence-electron chi connectivity index (χ0n) is 25.8. The number of hydrogen-bond donors (Lipinski definition) is 0. The Morgan fingerprint density at radius 1 is 0.787 bits per heavy atom. The van der Waals surface area contributed by atoms with Crippen LogP contribution in [0.2, 0.25) is 0 Å². The van der Waals surface area contributed by atoms with E-state index in [1.54, 1.807) is 6.08 Å². The van der Waals surface area contributed by atoms with Crippen LogP contribution in [0.25, 0.3) is 22.1 Å². The summed E-state index contributed by atoms with van der Waals surface area (Å²) in [4.78, 5) is 3.40. The molecule has 5 aromatic rings. The Morgan fingerprint density at radius 3 is 1.91 bits per heavy atom. The molecule has 0 radical (unpaired) electrons. The van der Waals surface area contributed by atoms with E-state index in [0.717, 1.165) is 65.3 Å². The van der Waals surface area contributed by atoms with Gasteiger partial charge in [0.1, 0.15) is 11.6 Å². The van der Waals surface area contributed by atoms with Gasteiger partial charge in [0.05, 0.1) is 33.6 Å². The SMILES string of the molecule is CCCCCCOc1c(-c2ccc(N(c3ccccc3)c3ccccc3)cc2)sc(/C=C(\C#N)c2ccc(C(F)(F)F)cc2)c1C#N. The normalized spacial score (nSPS) is 11.5. The molecule has 0 aliphatic carbocycles. The maximum Gasteiger partial charge on any atom is 0.416 e. The van der Waals surface area contributed by atoms with Crippen molar-refractivity contribution in [3.8, 4) is 28.3 Å². The number of rotatable bonds is 12. The van der Waals surface area contributed by atoms with Crippen LogP contribution in [0.15, 0.2) is 109 Å². The van der Waals surface area contributed by atoms with Gasteiger partial charge >= 0.3 is 6.18 Å². The van der Waals surface area contributed by atoms with Crippen molar-refractivity contribution >= 4 is 40.0 Å². The van der Waals surface area contributed by atoms with Gasteiger partial charge in [0, 0.05) is 17.1 Å². The van der Waals surface area contributed by atoms with Gasteiger partial charge in [-0.05, 0) is 72.2 Å². The number of benzene rings is 4. The Balaban J connectivity index is 1.55. The first-order valence-corrected chi connectivity index (χ1v) is 16.2. The molecule has 0 saturated carbocycles. The average Bonchev–Trinajstić information content (AvgIpc) is 3.45. The minimum absolute atomic E-state index is 0.147. The molecular formula is C39H32F3N3OS. The predicted molar refractivity (Wildman–Crippen MR) is 184 cm³/mol. The molecule has 0 spiro atoms. The van der Waals surface area contributed by atoms with Gasteiger partial charge in [-0.1, -0.05) is 86.8 Å². The molecule has 0 N–H and O–H groups in total. The molecule has 0 saturated heterocycles. The highest BCUT2D eigenvalue weighted by atomic mass is 32.1. The maximum atomic E-state index is 13.1. The highest BCUT2D eigenvalue weighted by molar-refractivity contribution is 7.17. The van der Waals surface area contributed by atoms with Crippen molar-refractivity contribution in [3.63, 3.8) is 0 Å². The van der Waals surface area contributed by atoms with Crippen molar-refractivity contribution < 1.29 is 17.9 Å². The second-order valence-electron chi connectivity index (χ2n) is 10.8. The molecule has 4 nitrogen and oxygen atoms in total. The first-order chi connectivity index (χ1) is 22.8. The Hall–Kier alpha value is -5.31. The second-order valence-corrected chi connectivity index (χ2v) is 11.9. The molecule has 1 aromatic heterocycles. The van der Waals surface area contributed by atoms with Crippen LogP contribution in [0.3, 0.4) is 0 Å². The summed E-state index contributed by atoms with van der Waals surface area (Å²) in [5.74, 6) is 0.445. The molecule has 0 atom stereocenters. The lowest BCUT2D eigenvalue weighted by atomic mass is 10.0. The summed E-state index contributed by atoms with van der Waals surface area (Å²) in [6.45, 7) is 2.56. The van der Waals surface area contributed by atoms with E-state index in [2.05, 4.69) is 24.0 Å². The smallest absolute Gasteiger partial charge is 0.416 e. The molecule has 0 aliphatic heterocycles. The van der Waals surface area contributed by atoms with Gasteiger partial charge in [0.15, 0.2) is 5.75 Å². The van der Waals surface area contributed by atoms with Crippen molar-refractivity contribution in [2.45, 2.75) is 38.8 Å². The van der Waals surface area contributed by atoms with E-state index in [1.165, 1.54) is 23.5 Å². The van der Waals surface area contributed by atoms with Crippen LogP contribution in [0.1, 0.15) is 54.2 Å². The third kappa shape index (κ3) is 7.92. The van der Waals surface area contributed by atoms with E-state index in [1.807, 2.05) is 84.9 Å². The number of unbranched alkanes of at least 4 members (excludes halogenated alkanes) is 3. The first-order valence-electron chi connectivity index (χ1n) is 15.3. The van der Waals surface area contributed by atoms with Gasteiger partial charge in [-0.2, -0.15) is 23.7 Å². The van der Waals surface area contributed by atoms with Crippen molar-refractivity contribution in [3.05, 3.63) is 131 Å². The van der Waals surface area contributed by atoms with E-state index in [0.29, 0.717) is 28.4 Å². The van der Waals surface area contributed by atoms with Crippen molar-refractivity contribution in [1.82, 2.24) is 0 Å². The Morgan fingerprint density at radius 2 is 1.38 bits per heavy atom. The fourth-order valence-corrected chi connectivity index (χ4v) is 6.33. The number of anilines is 3. The van der Waals surface area contributed by atoms with Gasteiger partial charge in [-0.15, -0.1) is 11.3 Å². The van der Waals surface area contributed by atoms with Gasteiger partial charge in [-0.25, -0.2) is 0 Å². The molecule has 0 fully saturated rings. The van der Waals surface area contributed by atoms with Gasteiger partial charge < -0.3 is 9.64 Å². The fourth-order valence-electron chi connectivity index (χ4n) is 5.18. The van der Waals surface area contributed by atoms with Crippen molar-refractivity contribution in [2.75, 3.05) is 11.5 Å². The van der Waals surface area contributed by atoms with E-state index >= 15 is 0 Å². The molecule has 0 bridgehead atoms. The zero-order chi connectivity index (χ0) is 33.2. The lowest BCUT2D eigenvalue weighted by Crippen LogP contribution is -2.09. The maximum absolute atomic E-state index is 13.1. The third-order valence-corrected chi connectivity index (χ3v) is 8.75. The molecule has 1 heterocycles. The van der Waals surface area contributed by atoms with E-state index in [-0.39, 0.29) is 5.57 Å². The summed E-state index contributed by atoms with van der Waals surface area (Å²) < 4.78 is 45.7. The number of ether oxygens (including phenoxy) is 1. The molecule has 0 aliphatic rings. The number of allylic oxidation sites excluding steroid dienone is 1. The van der Waals surface area contributed by atoms with Crippen molar-refractivity contribution in [1.29, 1.82) is 10.5 Å². The van der Waals surface area contributed by atoms with Gasteiger partial charge in [-0.3, -0.25) is 0 Å². The lowest BCUT2D eigenvalue weighted by Gasteiger charge is -2.25. The van der Waals surface area contributed by atoms with Crippen LogP contribution >= 0.6 is 11.3 Å². The predicted octanol–water partition coefficient (Wildman–Crippen LogP) is 11.8. The largest absolute Gasteiger partial charge is 0.491 e. The van der Waals surface area contributed by atoms with Crippen LogP contribution in [-0.2, 0) is 6.18 Å². The van der Waals surface area contributed by atoms with E-state index < -0.39 is 11.7 Å². The number of hydrogen-bond acceptors (Lipinski definition) is 5. The number of thiophene rings is 1. The molecular weight excluding hydrogens is 616 g/mol. The summed E-state index contributed by atoms with van der Waals surface area (Å²) in [6, 6.07) is 36.9. The number of para-hydroxylation sites is 2. The highest BCUT2D eigenvalue weighted by Crippen LogP contribution is 2.45. The number of nitriles is 2. The standard InChI is InChI=1S/C39H32F3N3OS/c1-2-3-4-11-24-46-37-35(27-44)36(25-30(26-43)28-16-20-31(21-17-28)39(40,41)42)47-38(37)29-18-22-34(23-19-29)45(32-12-7-5-8-13-32)33-14-9-6-10-15-33/h5-10,12-23,25H,2-4,11,24H2,1H3/b30-25+. The molecule has 8 heteroatoms. The second kappa shape index (κ2) is 15.3. The third-order valence-electron chi connectivity index (χ3n) is 7.58. The topological polar surface area (TPSA) is 60.0 Å². The molecule has 5 rings (SSSR count). The van der Waals surface area contributed by atoms with E-state index in [9.17, 15) is 23.7 Å². The van der Waals surface area contributed by atoms with Gasteiger partial charge in [0.2, 0.25) is 0 Å². The number of nitrogens with zero attached hydrogens (tertiary/aromatic N) is 3. The fraction of sp³-hybridized carbons (Fsp3) is 0.179.